The second-order valence-electron chi connectivity index (χ2n) is 26.9. The Bertz CT molecular complexity index is 4570. The summed E-state index contributed by atoms with van der Waals surface area (Å²) in [6.45, 7) is 7.54. The van der Waals surface area contributed by atoms with Crippen molar-refractivity contribution in [3.8, 4) is 17.1 Å². The molecule has 0 saturated heterocycles. The molecule has 12 N–H and O–H groups in total. The average molecular weight is 1500 g/mol. The SMILES string of the molecule is C.CCOC(=O)c1c(N)c(C2CCC(F)(F)CC2)nn1-c1ccc(CNC(=O)c2cc(F)ccc2C)cc1.Cc1ccc(F)cc1C(=O)NCc1ccc(-n2nc(C3CCC(F)(F)CC3)c(N)c2C(=O)O)cc1.Cc1ccc(F)cc1C(=O)NCc1ccc(-n2nc(C3CCC(F)(F)CC3)c(N)c2C(N)=O)cc1. The zero-order valence-corrected chi connectivity index (χ0v) is 58.9. The zero-order chi connectivity index (χ0) is 77.4. The molecule has 3 heterocycles. The first-order valence-electron chi connectivity index (χ1n) is 34.6. The van der Waals surface area contributed by atoms with Crippen LogP contribution in [0.15, 0.2) is 127 Å². The van der Waals surface area contributed by atoms with Crippen LogP contribution in [0, 0.1) is 38.2 Å². The number of halogens is 9. The lowest BCUT2D eigenvalue weighted by Crippen LogP contribution is -2.24. The molecule has 4 amide bonds. The van der Waals surface area contributed by atoms with Gasteiger partial charge in [0.2, 0.25) is 17.8 Å². The van der Waals surface area contributed by atoms with Crippen LogP contribution in [0.25, 0.3) is 17.1 Å². The largest absolute Gasteiger partial charge is 0.476 e. The molecule has 0 aliphatic heterocycles. The molecular weight excluding hydrogens is 1420 g/mol. The van der Waals surface area contributed by atoms with Crippen molar-refractivity contribution in [1.82, 2.24) is 45.3 Å². The Labute approximate surface area is 616 Å². The van der Waals surface area contributed by atoms with Gasteiger partial charge in [-0.25, -0.2) is 63.1 Å². The smallest absolute Gasteiger partial charge is 0.359 e. The third-order valence-corrected chi connectivity index (χ3v) is 19.3. The highest BCUT2D eigenvalue weighted by Crippen LogP contribution is 2.46. The number of carboxylic acids is 1. The maximum Gasteiger partial charge on any atom is 0.359 e. The van der Waals surface area contributed by atoms with Gasteiger partial charge in [0.15, 0.2) is 17.1 Å². The first-order chi connectivity index (χ1) is 50.7. The maximum atomic E-state index is 13.7. The van der Waals surface area contributed by atoms with Crippen LogP contribution in [0.5, 0.6) is 0 Å². The molecule has 572 valence electrons. The minimum atomic E-state index is -2.72. The monoisotopic (exact) mass is 1500 g/mol. The van der Waals surface area contributed by atoms with Gasteiger partial charge in [-0.3, -0.25) is 19.2 Å². The van der Waals surface area contributed by atoms with E-state index in [1.807, 2.05) is 0 Å². The lowest BCUT2D eigenvalue weighted by Gasteiger charge is -2.27. The number of anilines is 3. The number of nitrogens with two attached hydrogens (primary N) is 4. The van der Waals surface area contributed by atoms with Gasteiger partial charge in [-0.1, -0.05) is 62.0 Å². The number of nitrogens with one attached hydrogen (secondary N) is 3. The van der Waals surface area contributed by atoms with Gasteiger partial charge in [0.25, 0.3) is 23.6 Å². The number of benzene rings is 6. The summed E-state index contributed by atoms with van der Waals surface area (Å²) in [5.41, 5.74) is 31.8. The summed E-state index contributed by atoms with van der Waals surface area (Å²) in [6.07, 6.45) is -0.373. The van der Waals surface area contributed by atoms with E-state index in [0.717, 1.165) is 16.7 Å². The van der Waals surface area contributed by atoms with Crippen LogP contribution in [0.1, 0.15) is 222 Å². The minimum Gasteiger partial charge on any atom is -0.476 e. The number of aryl methyl sites for hydroxylation is 3. The number of ether oxygens (including phenoxy) is 1. The molecule has 3 fully saturated rings. The Kier molecular flexibility index (Phi) is 25.4. The van der Waals surface area contributed by atoms with Gasteiger partial charge in [0.1, 0.15) is 17.5 Å². The van der Waals surface area contributed by atoms with Crippen LogP contribution in [-0.2, 0) is 24.4 Å². The molecule has 0 radical (unpaired) electrons. The van der Waals surface area contributed by atoms with Crippen LogP contribution >= 0.6 is 0 Å². The molecule has 3 saturated carbocycles. The number of hydrogen-bond donors (Lipinski definition) is 8. The fraction of sp³-hybridized carbons (Fsp3) is 0.346. The number of aromatic nitrogens is 6. The number of esters is 1. The molecule has 12 rings (SSSR count). The molecule has 0 spiro atoms. The molecule has 3 aliphatic carbocycles. The quantitative estimate of drug-likeness (QED) is 0.0276. The van der Waals surface area contributed by atoms with E-state index in [1.165, 1.54) is 62.6 Å². The molecule has 3 aromatic heterocycles. The van der Waals surface area contributed by atoms with Crippen LogP contribution in [-0.4, -0.2) is 94.4 Å². The number of carboxylic acid groups (broad SMARTS) is 1. The van der Waals surface area contributed by atoms with Gasteiger partial charge in [-0.15, -0.1) is 0 Å². The first-order valence-corrected chi connectivity index (χ1v) is 34.6. The predicted molar refractivity (Wildman–Crippen MR) is 387 cm³/mol. The van der Waals surface area contributed by atoms with Crippen LogP contribution < -0.4 is 38.9 Å². The van der Waals surface area contributed by atoms with E-state index in [9.17, 15) is 73.4 Å². The standard InChI is InChI=1S/C27H29F3N4O3.C25H26F3N5O2.C25H25F3N4O3.CH4/c1-3-37-26(36)24-22(31)23(18-10-12-27(29,30)13-11-18)33-34(24)20-8-5-17(6-9-20)15-32-25(35)21-14-19(28)7-4-16(21)2;1-14-2-5-17(26)12-19(14)24(35)31-13-15-3-6-18(7-4-15)33-22(23(30)34)20(29)21(32-33)16-8-10-25(27,28)11-9-16;1-14-2-5-17(26)12-19(14)23(33)30-13-15-3-6-18(7-4-15)32-22(24(34)35)20(29)21(31-32)16-8-10-25(27,28)11-9-16;/h4-9,14,18H,3,10-13,15,31H2,1-2H3,(H,32,35);2-7,12,16H,8-11,13,29H2,1H3,(H2,30,34)(H,31,35);2-7,12,16H,8-11,13,29H2,1H3,(H,30,33)(H,34,35);1H4. The highest BCUT2D eigenvalue weighted by Gasteiger charge is 2.41. The fourth-order valence-electron chi connectivity index (χ4n) is 13.2. The zero-order valence-electron chi connectivity index (χ0n) is 58.9. The molecule has 3 aliphatic rings. The predicted octanol–water partition coefficient (Wildman–Crippen LogP) is 15.0. The number of nitrogen functional groups attached to an aromatic ring is 3. The molecule has 0 unspecified atom stereocenters. The number of aromatic carboxylic acids is 1. The Morgan fingerprint density at radius 2 is 0.722 bits per heavy atom. The Morgan fingerprint density at radius 1 is 0.454 bits per heavy atom. The van der Waals surface area contributed by atoms with Gasteiger partial charge in [0.05, 0.1) is 57.8 Å². The summed E-state index contributed by atoms with van der Waals surface area (Å²) in [7, 11) is 0. The third kappa shape index (κ3) is 19.2. The molecule has 6 aromatic carbocycles. The van der Waals surface area contributed by atoms with Crippen molar-refractivity contribution in [3.05, 3.63) is 229 Å². The van der Waals surface area contributed by atoms with Gasteiger partial charge in [-0.05, 0) is 172 Å². The summed E-state index contributed by atoms with van der Waals surface area (Å²) >= 11 is 0. The summed E-state index contributed by atoms with van der Waals surface area (Å²) in [4.78, 5) is 74.1. The summed E-state index contributed by atoms with van der Waals surface area (Å²) in [6, 6.07) is 32.5. The third-order valence-electron chi connectivity index (χ3n) is 19.3. The second kappa shape index (κ2) is 34.0. The summed E-state index contributed by atoms with van der Waals surface area (Å²) in [5.74, 6) is -14.4. The van der Waals surface area contributed by atoms with E-state index in [-0.39, 0.29) is 179 Å². The molecule has 0 bridgehead atoms. The Morgan fingerprint density at radius 3 is 1.00 bits per heavy atom. The van der Waals surface area contributed by atoms with Crippen molar-refractivity contribution in [3.63, 3.8) is 0 Å². The van der Waals surface area contributed by atoms with Crippen molar-refractivity contribution in [2.24, 2.45) is 5.73 Å². The van der Waals surface area contributed by atoms with Crippen molar-refractivity contribution in [2.75, 3.05) is 23.8 Å². The number of rotatable bonds is 19. The van der Waals surface area contributed by atoms with Gasteiger partial charge in [-0.2, -0.15) is 15.3 Å². The molecule has 0 atom stereocenters. The summed E-state index contributed by atoms with van der Waals surface area (Å²) < 4.78 is 131. The molecule has 108 heavy (non-hydrogen) atoms. The van der Waals surface area contributed by atoms with E-state index in [4.69, 9.17) is 27.7 Å². The molecule has 9 aromatic rings. The van der Waals surface area contributed by atoms with E-state index >= 15 is 0 Å². The minimum absolute atomic E-state index is 0. The van der Waals surface area contributed by atoms with Crippen molar-refractivity contribution >= 4 is 52.6 Å². The van der Waals surface area contributed by atoms with E-state index < -0.39 is 70.8 Å². The topological polar surface area (TPSA) is 326 Å². The van der Waals surface area contributed by atoms with Gasteiger partial charge >= 0.3 is 11.9 Å². The van der Waals surface area contributed by atoms with Gasteiger partial charge in [0, 0.05) is 92.6 Å². The lowest BCUT2D eigenvalue weighted by atomic mass is 9.84. The van der Waals surface area contributed by atoms with E-state index in [1.54, 1.807) is 107 Å². The fourth-order valence-corrected chi connectivity index (χ4v) is 13.2. The van der Waals surface area contributed by atoms with Gasteiger partial charge < -0.3 is 48.7 Å². The number of primary amides is 1. The Balaban J connectivity index is 0.000000186. The number of alkyl halides is 6. The normalized spacial score (nSPS) is 15.4. The van der Waals surface area contributed by atoms with Crippen molar-refractivity contribution in [1.29, 1.82) is 0 Å². The number of carbonyl (C=O) groups excluding carboxylic acids is 5. The second-order valence-corrected chi connectivity index (χ2v) is 26.9. The van der Waals surface area contributed by atoms with E-state index in [0.29, 0.717) is 50.8 Å². The van der Waals surface area contributed by atoms with Crippen LogP contribution in [0.2, 0.25) is 0 Å². The lowest BCUT2D eigenvalue weighted by molar-refractivity contribution is -0.0390. The number of nitrogens with zero attached hydrogens (tertiary/aromatic N) is 6. The highest BCUT2D eigenvalue weighted by atomic mass is 19.3. The Hall–Kier alpha value is -11.5. The molecular formula is C78H84F9N13O8. The number of carbonyl (C=O) groups is 6. The number of amides is 4. The van der Waals surface area contributed by atoms with E-state index in [2.05, 4.69) is 31.2 Å². The van der Waals surface area contributed by atoms with Crippen molar-refractivity contribution in [2.45, 2.75) is 167 Å². The molecule has 21 nitrogen and oxygen atoms in total. The number of hydrogen-bond acceptors (Lipinski definition) is 13. The maximum absolute atomic E-state index is 13.7. The van der Waals surface area contributed by atoms with Crippen LogP contribution in [0.3, 0.4) is 0 Å². The van der Waals surface area contributed by atoms with Crippen LogP contribution in [0.4, 0.5) is 56.6 Å². The van der Waals surface area contributed by atoms with Crippen molar-refractivity contribution < 1.29 is 78.1 Å². The molecule has 30 heteroatoms. The summed E-state index contributed by atoms with van der Waals surface area (Å²) in [5, 5.41) is 31.4. The average Bonchev–Trinajstić information content (AvgIpc) is 1.64. The first kappa shape index (κ1) is 80.6. The highest BCUT2D eigenvalue weighted by molar-refractivity contribution is 5.99.